The Morgan fingerprint density at radius 2 is 2.27 bits per heavy atom. The van der Waals surface area contributed by atoms with Crippen molar-refractivity contribution < 1.29 is 0 Å². The van der Waals surface area contributed by atoms with Gasteiger partial charge in [0.25, 0.3) is 0 Å². The fourth-order valence-electron chi connectivity index (χ4n) is 1.75. The molecule has 2 unspecified atom stereocenters. The first-order valence-corrected chi connectivity index (χ1v) is 4.92. The van der Waals surface area contributed by atoms with E-state index in [1.807, 2.05) is 0 Å². The first kappa shape index (κ1) is 9.12. The SMILES string of the molecule is C=C(C)CCC1CCCC1Cl. The van der Waals surface area contributed by atoms with E-state index in [4.69, 9.17) is 11.6 Å². The van der Waals surface area contributed by atoms with Gasteiger partial charge in [0.2, 0.25) is 0 Å². The van der Waals surface area contributed by atoms with Crippen LogP contribution in [0.15, 0.2) is 12.2 Å². The molecule has 0 N–H and O–H groups in total. The van der Waals surface area contributed by atoms with Crippen LogP contribution in [0, 0.1) is 5.92 Å². The van der Waals surface area contributed by atoms with Crippen LogP contribution in [0.25, 0.3) is 0 Å². The van der Waals surface area contributed by atoms with E-state index in [9.17, 15) is 0 Å². The molecule has 1 aliphatic carbocycles. The fourth-order valence-corrected chi connectivity index (χ4v) is 2.15. The maximum Gasteiger partial charge on any atom is 0.0364 e. The summed E-state index contributed by atoms with van der Waals surface area (Å²) in [5.74, 6) is 0.772. The first-order valence-electron chi connectivity index (χ1n) is 4.48. The van der Waals surface area contributed by atoms with Crippen LogP contribution in [0.4, 0.5) is 0 Å². The first-order chi connectivity index (χ1) is 5.20. The Balaban J connectivity index is 2.20. The van der Waals surface area contributed by atoms with Crippen LogP contribution in [-0.2, 0) is 0 Å². The van der Waals surface area contributed by atoms with Gasteiger partial charge >= 0.3 is 0 Å². The van der Waals surface area contributed by atoms with Crippen LogP contribution >= 0.6 is 11.6 Å². The van der Waals surface area contributed by atoms with E-state index in [0.717, 1.165) is 12.3 Å². The molecule has 0 aromatic heterocycles. The number of halogens is 1. The summed E-state index contributed by atoms with van der Waals surface area (Å²) >= 11 is 6.13. The number of hydrogen-bond donors (Lipinski definition) is 0. The maximum atomic E-state index is 6.13. The monoisotopic (exact) mass is 172 g/mol. The summed E-state index contributed by atoms with van der Waals surface area (Å²) in [6.45, 7) is 5.99. The largest absolute Gasteiger partial charge is 0.123 e. The standard InChI is InChI=1S/C10H17Cl/c1-8(2)6-7-9-4-3-5-10(9)11/h9-10H,1,3-7H2,2H3. The summed E-state index contributed by atoms with van der Waals surface area (Å²) in [5.41, 5.74) is 1.29. The highest BCUT2D eigenvalue weighted by Crippen LogP contribution is 2.33. The van der Waals surface area contributed by atoms with Gasteiger partial charge in [-0.3, -0.25) is 0 Å². The van der Waals surface area contributed by atoms with Crippen LogP contribution < -0.4 is 0 Å². The van der Waals surface area contributed by atoms with E-state index < -0.39 is 0 Å². The summed E-state index contributed by atoms with van der Waals surface area (Å²) in [4.78, 5) is 0. The second kappa shape index (κ2) is 4.15. The Kier molecular flexibility index (Phi) is 3.45. The fraction of sp³-hybridized carbons (Fsp3) is 0.800. The van der Waals surface area contributed by atoms with E-state index in [0.29, 0.717) is 5.38 Å². The van der Waals surface area contributed by atoms with E-state index in [1.54, 1.807) is 0 Å². The molecule has 64 valence electrons. The van der Waals surface area contributed by atoms with Gasteiger partial charge in [-0.1, -0.05) is 12.0 Å². The van der Waals surface area contributed by atoms with Crippen LogP contribution in [-0.4, -0.2) is 5.38 Å². The molecule has 0 spiro atoms. The lowest BCUT2D eigenvalue weighted by Gasteiger charge is -2.12. The van der Waals surface area contributed by atoms with Crippen molar-refractivity contribution in [1.29, 1.82) is 0 Å². The van der Waals surface area contributed by atoms with Crippen LogP contribution in [0.2, 0.25) is 0 Å². The third-order valence-electron chi connectivity index (χ3n) is 2.51. The Morgan fingerprint density at radius 3 is 2.73 bits per heavy atom. The Bertz CT molecular complexity index is 140. The summed E-state index contributed by atoms with van der Waals surface area (Å²) in [7, 11) is 0. The number of rotatable bonds is 3. The molecule has 0 heterocycles. The van der Waals surface area contributed by atoms with Gasteiger partial charge in [-0.05, 0) is 38.5 Å². The minimum absolute atomic E-state index is 0.453. The molecule has 0 radical (unpaired) electrons. The molecular formula is C10H17Cl. The summed E-state index contributed by atoms with van der Waals surface area (Å²) in [5, 5.41) is 0.453. The van der Waals surface area contributed by atoms with E-state index in [-0.39, 0.29) is 0 Å². The highest BCUT2D eigenvalue weighted by Gasteiger charge is 2.24. The summed E-state index contributed by atoms with van der Waals surface area (Å²) in [6, 6.07) is 0. The van der Waals surface area contributed by atoms with Crippen molar-refractivity contribution in [2.75, 3.05) is 0 Å². The molecule has 1 rings (SSSR count). The highest BCUT2D eigenvalue weighted by atomic mass is 35.5. The van der Waals surface area contributed by atoms with Gasteiger partial charge < -0.3 is 0 Å². The van der Waals surface area contributed by atoms with Crippen LogP contribution in [0.5, 0.6) is 0 Å². The molecule has 11 heavy (non-hydrogen) atoms. The minimum atomic E-state index is 0.453. The van der Waals surface area contributed by atoms with Gasteiger partial charge in [0, 0.05) is 5.38 Å². The Morgan fingerprint density at radius 1 is 1.55 bits per heavy atom. The zero-order valence-corrected chi connectivity index (χ0v) is 8.03. The number of alkyl halides is 1. The predicted molar refractivity (Wildman–Crippen MR) is 51.0 cm³/mol. The molecule has 0 saturated heterocycles. The van der Waals surface area contributed by atoms with Crippen molar-refractivity contribution in [3.8, 4) is 0 Å². The van der Waals surface area contributed by atoms with Crippen molar-refractivity contribution in [2.45, 2.75) is 44.4 Å². The van der Waals surface area contributed by atoms with Crippen molar-refractivity contribution in [3.05, 3.63) is 12.2 Å². The average molecular weight is 173 g/mol. The smallest absolute Gasteiger partial charge is 0.0364 e. The van der Waals surface area contributed by atoms with E-state index in [1.165, 1.54) is 31.3 Å². The van der Waals surface area contributed by atoms with Crippen LogP contribution in [0.3, 0.4) is 0 Å². The molecule has 0 aromatic carbocycles. The normalized spacial score (nSPS) is 30.7. The third kappa shape index (κ3) is 2.86. The Labute approximate surface area is 74.6 Å². The lowest BCUT2D eigenvalue weighted by atomic mass is 9.99. The zero-order valence-electron chi connectivity index (χ0n) is 7.28. The maximum absolute atomic E-state index is 6.13. The van der Waals surface area contributed by atoms with Gasteiger partial charge in [0.05, 0.1) is 0 Å². The topological polar surface area (TPSA) is 0 Å². The van der Waals surface area contributed by atoms with Crippen molar-refractivity contribution in [2.24, 2.45) is 5.92 Å². The van der Waals surface area contributed by atoms with Gasteiger partial charge in [-0.25, -0.2) is 0 Å². The molecule has 1 saturated carbocycles. The Hall–Kier alpha value is 0.0300. The second-order valence-corrected chi connectivity index (χ2v) is 4.26. The van der Waals surface area contributed by atoms with Crippen LogP contribution in [0.1, 0.15) is 39.0 Å². The van der Waals surface area contributed by atoms with E-state index in [2.05, 4.69) is 13.5 Å². The van der Waals surface area contributed by atoms with Crippen molar-refractivity contribution >= 4 is 11.6 Å². The zero-order chi connectivity index (χ0) is 8.27. The average Bonchev–Trinajstić information content (AvgIpc) is 2.31. The van der Waals surface area contributed by atoms with Gasteiger partial charge in [0.15, 0.2) is 0 Å². The molecule has 0 amide bonds. The van der Waals surface area contributed by atoms with Gasteiger partial charge in [0.1, 0.15) is 0 Å². The molecule has 1 heteroatoms. The minimum Gasteiger partial charge on any atom is -0.123 e. The molecule has 0 bridgehead atoms. The molecule has 2 atom stereocenters. The number of hydrogen-bond acceptors (Lipinski definition) is 0. The lowest BCUT2D eigenvalue weighted by Crippen LogP contribution is -2.06. The van der Waals surface area contributed by atoms with Crippen molar-refractivity contribution in [1.82, 2.24) is 0 Å². The lowest BCUT2D eigenvalue weighted by molar-refractivity contribution is 0.508. The third-order valence-corrected chi connectivity index (χ3v) is 3.08. The van der Waals surface area contributed by atoms with Gasteiger partial charge in [-0.2, -0.15) is 0 Å². The highest BCUT2D eigenvalue weighted by molar-refractivity contribution is 6.20. The quantitative estimate of drug-likeness (QED) is 0.449. The molecular weight excluding hydrogens is 156 g/mol. The molecule has 0 nitrogen and oxygen atoms in total. The van der Waals surface area contributed by atoms with E-state index >= 15 is 0 Å². The molecule has 1 fully saturated rings. The summed E-state index contributed by atoms with van der Waals surface area (Å²) < 4.78 is 0. The van der Waals surface area contributed by atoms with Crippen molar-refractivity contribution in [3.63, 3.8) is 0 Å². The number of allylic oxidation sites excluding steroid dienone is 1. The molecule has 0 aromatic rings. The molecule has 1 aliphatic rings. The van der Waals surface area contributed by atoms with Gasteiger partial charge in [-0.15, -0.1) is 18.2 Å². The molecule has 0 aliphatic heterocycles. The second-order valence-electron chi connectivity index (χ2n) is 3.70. The summed E-state index contributed by atoms with van der Waals surface area (Å²) in [6.07, 6.45) is 6.30. The predicted octanol–water partition coefficient (Wildman–Crippen LogP) is 3.75.